The zero-order valence-corrected chi connectivity index (χ0v) is 21.4. The number of halogens is 1. The summed E-state index contributed by atoms with van der Waals surface area (Å²) < 4.78 is 4.46. The Morgan fingerprint density at radius 2 is 2.09 bits per heavy atom. The molecule has 5 rings (SSSR count). The molecule has 11 heteroatoms. The topological polar surface area (TPSA) is 111 Å². The van der Waals surface area contributed by atoms with Crippen molar-refractivity contribution in [2.75, 3.05) is 0 Å². The molecule has 3 atom stereocenters. The number of fused-ring (bicyclic) bond motifs is 1. The molecule has 1 aliphatic rings. The van der Waals surface area contributed by atoms with E-state index in [-0.39, 0.29) is 18.0 Å². The van der Waals surface area contributed by atoms with Gasteiger partial charge >= 0.3 is 0 Å². The normalized spacial score (nSPS) is 20.6. The number of aromatic nitrogens is 6. The van der Waals surface area contributed by atoms with E-state index in [0.717, 1.165) is 46.0 Å². The van der Waals surface area contributed by atoms with E-state index in [1.165, 1.54) is 6.20 Å². The Morgan fingerprint density at radius 3 is 2.77 bits per heavy atom. The fourth-order valence-electron chi connectivity index (χ4n) is 4.85. The number of thiazole rings is 1. The number of amides is 1. The van der Waals surface area contributed by atoms with E-state index in [2.05, 4.69) is 38.8 Å². The second-order valence-electron chi connectivity index (χ2n) is 9.58. The highest BCUT2D eigenvalue weighted by molar-refractivity contribution is 7.17. The molecule has 4 aromatic heterocycles. The molecule has 1 amide bonds. The van der Waals surface area contributed by atoms with Crippen LogP contribution in [0.15, 0.2) is 30.7 Å². The van der Waals surface area contributed by atoms with Gasteiger partial charge in [-0.05, 0) is 37.3 Å². The van der Waals surface area contributed by atoms with Gasteiger partial charge in [0.25, 0.3) is 5.91 Å². The van der Waals surface area contributed by atoms with Crippen molar-refractivity contribution in [2.24, 2.45) is 13.0 Å². The molecule has 1 saturated carbocycles. The van der Waals surface area contributed by atoms with Crippen LogP contribution in [0.1, 0.15) is 54.8 Å². The number of aryl methyl sites for hydroxylation is 1. The summed E-state index contributed by atoms with van der Waals surface area (Å²) in [5.74, 6) is 1.11. The van der Waals surface area contributed by atoms with Crippen molar-refractivity contribution in [1.29, 1.82) is 0 Å². The first-order chi connectivity index (χ1) is 16.8. The molecule has 9 nitrogen and oxygen atoms in total. The number of carbonyl (C=O) groups is 1. The van der Waals surface area contributed by atoms with Gasteiger partial charge in [0.05, 0.1) is 29.7 Å². The SMILES string of the molecule is CC(C)Cc1nc2cnc(-c3ccn(C)n3)cc2n1C1CC(O)CC(NC(=O)c2ncc(Cl)s2)C1. The Bertz CT molecular complexity index is 1360. The van der Waals surface area contributed by atoms with Crippen molar-refractivity contribution in [3.63, 3.8) is 0 Å². The predicted molar refractivity (Wildman–Crippen MR) is 136 cm³/mol. The van der Waals surface area contributed by atoms with E-state index in [1.54, 1.807) is 10.9 Å². The first kappa shape index (κ1) is 23.9. The second-order valence-corrected chi connectivity index (χ2v) is 11.2. The van der Waals surface area contributed by atoms with E-state index in [0.29, 0.717) is 34.5 Å². The third-order valence-corrected chi connectivity index (χ3v) is 7.36. The summed E-state index contributed by atoms with van der Waals surface area (Å²) >= 11 is 7.09. The zero-order valence-electron chi connectivity index (χ0n) is 19.8. The van der Waals surface area contributed by atoms with Gasteiger partial charge in [0, 0.05) is 31.7 Å². The van der Waals surface area contributed by atoms with Crippen LogP contribution in [-0.4, -0.2) is 52.5 Å². The molecular weight excluding hydrogens is 486 g/mol. The number of hydrogen-bond donors (Lipinski definition) is 2. The third kappa shape index (κ3) is 5.10. The first-order valence-corrected chi connectivity index (χ1v) is 12.9. The number of carbonyl (C=O) groups excluding carboxylic acids is 1. The van der Waals surface area contributed by atoms with Gasteiger partial charge < -0.3 is 15.0 Å². The van der Waals surface area contributed by atoms with E-state index >= 15 is 0 Å². The molecule has 0 spiro atoms. The average molecular weight is 514 g/mol. The number of aliphatic hydroxyl groups excluding tert-OH is 1. The monoisotopic (exact) mass is 513 g/mol. The maximum Gasteiger partial charge on any atom is 0.280 e. The van der Waals surface area contributed by atoms with Gasteiger partial charge in [-0.2, -0.15) is 5.10 Å². The second kappa shape index (κ2) is 9.67. The molecule has 184 valence electrons. The van der Waals surface area contributed by atoms with Crippen LogP contribution in [0, 0.1) is 5.92 Å². The lowest BCUT2D eigenvalue weighted by Gasteiger charge is -2.34. The minimum Gasteiger partial charge on any atom is -0.393 e. The van der Waals surface area contributed by atoms with E-state index in [9.17, 15) is 9.90 Å². The summed E-state index contributed by atoms with van der Waals surface area (Å²) in [6, 6.07) is 3.74. The smallest absolute Gasteiger partial charge is 0.280 e. The Balaban J connectivity index is 1.49. The van der Waals surface area contributed by atoms with Crippen LogP contribution in [0.25, 0.3) is 22.4 Å². The van der Waals surface area contributed by atoms with Crippen LogP contribution in [0.5, 0.6) is 0 Å². The number of nitrogens with zero attached hydrogens (tertiary/aromatic N) is 6. The minimum atomic E-state index is -0.541. The molecule has 2 N–H and O–H groups in total. The van der Waals surface area contributed by atoms with Crippen LogP contribution < -0.4 is 5.32 Å². The summed E-state index contributed by atoms with van der Waals surface area (Å²) in [6.07, 6.45) is 7.19. The lowest BCUT2D eigenvalue weighted by atomic mass is 9.88. The number of nitrogens with one attached hydrogen (secondary N) is 1. The standard InChI is InChI=1S/C24H28ClN7O2S/c1-13(2)6-22-29-19-11-26-18(17-4-5-31(3)30-17)10-20(19)32(22)15-7-14(8-16(33)9-15)28-23(34)24-27-12-21(25)35-24/h4-5,10-16,33H,6-9H2,1-3H3,(H,28,34). The summed E-state index contributed by atoms with van der Waals surface area (Å²) in [5.41, 5.74) is 3.35. The summed E-state index contributed by atoms with van der Waals surface area (Å²) in [6.45, 7) is 4.33. The van der Waals surface area contributed by atoms with Gasteiger partial charge in [0.2, 0.25) is 0 Å². The Morgan fingerprint density at radius 1 is 1.26 bits per heavy atom. The highest BCUT2D eigenvalue weighted by Gasteiger charge is 2.33. The quantitative estimate of drug-likeness (QED) is 0.403. The third-order valence-electron chi connectivity index (χ3n) is 6.25. The van der Waals surface area contributed by atoms with Crippen molar-refractivity contribution >= 4 is 39.9 Å². The van der Waals surface area contributed by atoms with Crippen molar-refractivity contribution < 1.29 is 9.90 Å². The van der Waals surface area contributed by atoms with Crippen molar-refractivity contribution in [3.05, 3.63) is 45.9 Å². The lowest BCUT2D eigenvalue weighted by Crippen LogP contribution is -2.43. The average Bonchev–Trinajstić information content (AvgIpc) is 3.50. The number of pyridine rings is 1. The number of hydrogen-bond acceptors (Lipinski definition) is 7. The molecule has 0 aliphatic heterocycles. The molecular formula is C24H28ClN7O2S. The van der Waals surface area contributed by atoms with Gasteiger partial charge in [-0.25, -0.2) is 9.97 Å². The Kier molecular flexibility index (Phi) is 6.61. The molecule has 0 saturated heterocycles. The number of aliphatic hydroxyl groups is 1. The zero-order chi connectivity index (χ0) is 24.7. The summed E-state index contributed by atoms with van der Waals surface area (Å²) in [5, 5.41) is 18.6. The fraction of sp³-hybridized carbons (Fsp3) is 0.458. The van der Waals surface area contributed by atoms with Gasteiger partial charge in [0.1, 0.15) is 21.4 Å². The highest BCUT2D eigenvalue weighted by atomic mass is 35.5. The number of imidazole rings is 1. The molecule has 1 aliphatic carbocycles. The summed E-state index contributed by atoms with van der Waals surface area (Å²) in [4.78, 5) is 26.3. The predicted octanol–water partition coefficient (Wildman–Crippen LogP) is 4.02. The molecule has 0 bridgehead atoms. The molecule has 0 aromatic carbocycles. The van der Waals surface area contributed by atoms with Gasteiger partial charge in [-0.15, -0.1) is 0 Å². The van der Waals surface area contributed by atoms with E-state index in [4.69, 9.17) is 16.6 Å². The van der Waals surface area contributed by atoms with Gasteiger partial charge in [-0.3, -0.25) is 14.5 Å². The Labute approximate surface area is 212 Å². The van der Waals surface area contributed by atoms with Gasteiger partial charge in [0.15, 0.2) is 5.01 Å². The fourth-order valence-corrected chi connectivity index (χ4v) is 5.67. The van der Waals surface area contributed by atoms with Crippen LogP contribution in [0.4, 0.5) is 0 Å². The Hall–Kier alpha value is -2.82. The summed E-state index contributed by atoms with van der Waals surface area (Å²) in [7, 11) is 1.88. The molecule has 4 heterocycles. The van der Waals surface area contributed by atoms with E-state index < -0.39 is 6.10 Å². The van der Waals surface area contributed by atoms with Gasteiger partial charge in [-0.1, -0.05) is 36.8 Å². The van der Waals surface area contributed by atoms with Crippen molar-refractivity contribution in [3.8, 4) is 11.4 Å². The van der Waals surface area contributed by atoms with Crippen LogP contribution >= 0.6 is 22.9 Å². The van der Waals surface area contributed by atoms with Crippen molar-refractivity contribution in [1.82, 2.24) is 34.6 Å². The van der Waals surface area contributed by atoms with E-state index in [1.807, 2.05) is 25.4 Å². The van der Waals surface area contributed by atoms with Crippen LogP contribution in [-0.2, 0) is 13.5 Å². The molecule has 0 radical (unpaired) electrons. The largest absolute Gasteiger partial charge is 0.393 e. The van der Waals surface area contributed by atoms with Crippen molar-refractivity contribution in [2.45, 2.75) is 57.7 Å². The molecule has 3 unspecified atom stereocenters. The minimum absolute atomic E-state index is 0.0262. The lowest BCUT2D eigenvalue weighted by molar-refractivity contribution is 0.0740. The maximum absolute atomic E-state index is 12.7. The van der Waals surface area contributed by atoms with Crippen LogP contribution in [0.3, 0.4) is 0 Å². The highest BCUT2D eigenvalue weighted by Crippen LogP contribution is 2.35. The molecule has 4 aromatic rings. The van der Waals surface area contributed by atoms with Crippen LogP contribution in [0.2, 0.25) is 4.34 Å². The first-order valence-electron chi connectivity index (χ1n) is 11.7. The number of rotatable bonds is 6. The maximum atomic E-state index is 12.7. The molecule has 1 fully saturated rings. The molecule has 35 heavy (non-hydrogen) atoms.